The molecule has 2 aromatic heterocycles. The molecule has 23 heavy (non-hydrogen) atoms. The molecule has 0 saturated heterocycles. The number of thioether (sulfide) groups is 1. The number of hydrogen-bond donors (Lipinski definition) is 1. The first-order valence-corrected chi connectivity index (χ1v) is 7.50. The molecule has 122 valence electrons. The minimum absolute atomic E-state index is 0.133. The van der Waals surface area contributed by atoms with E-state index < -0.39 is 22.9 Å². The number of halogens is 4. The summed E-state index contributed by atoms with van der Waals surface area (Å²) in [6.45, 7) is 1.61. The van der Waals surface area contributed by atoms with Gasteiger partial charge in [0.15, 0.2) is 11.0 Å². The third-order valence-electron chi connectivity index (χ3n) is 2.60. The molecule has 10 heteroatoms. The van der Waals surface area contributed by atoms with E-state index in [-0.39, 0.29) is 10.8 Å². The SMILES string of the molecule is C[C@H](Sc1ncccn1)C(=O)Nc1ncc(C(F)(F)F)cc1Cl. The zero-order chi connectivity index (χ0) is 17.0. The van der Waals surface area contributed by atoms with E-state index in [0.717, 1.165) is 11.8 Å². The molecule has 5 nitrogen and oxygen atoms in total. The lowest BCUT2D eigenvalue weighted by Crippen LogP contribution is -2.23. The number of rotatable bonds is 4. The summed E-state index contributed by atoms with van der Waals surface area (Å²) in [6.07, 6.45) is -0.866. The van der Waals surface area contributed by atoms with Gasteiger partial charge in [-0.05, 0) is 19.1 Å². The van der Waals surface area contributed by atoms with E-state index in [1.165, 1.54) is 12.4 Å². The maximum Gasteiger partial charge on any atom is 0.417 e. The minimum Gasteiger partial charge on any atom is -0.308 e. The van der Waals surface area contributed by atoms with Crippen LogP contribution in [0.2, 0.25) is 5.02 Å². The predicted molar refractivity (Wildman–Crippen MR) is 80.2 cm³/mol. The first kappa shape index (κ1) is 17.5. The number of carbonyl (C=O) groups excluding carboxylic acids is 1. The van der Waals surface area contributed by atoms with Crippen LogP contribution in [0.15, 0.2) is 35.9 Å². The lowest BCUT2D eigenvalue weighted by molar-refractivity contribution is -0.137. The smallest absolute Gasteiger partial charge is 0.308 e. The lowest BCUT2D eigenvalue weighted by Gasteiger charge is -2.12. The molecule has 0 aromatic carbocycles. The number of carbonyl (C=O) groups is 1. The van der Waals surface area contributed by atoms with Crippen LogP contribution in [0.25, 0.3) is 0 Å². The van der Waals surface area contributed by atoms with Crippen LogP contribution in [0.3, 0.4) is 0 Å². The Morgan fingerprint density at radius 1 is 1.30 bits per heavy atom. The molecule has 2 rings (SSSR count). The van der Waals surface area contributed by atoms with Gasteiger partial charge in [-0.3, -0.25) is 4.79 Å². The largest absolute Gasteiger partial charge is 0.417 e. The Kier molecular flexibility index (Phi) is 5.42. The molecule has 0 aliphatic rings. The number of alkyl halides is 3. The van der Waals surface area contributed by atoms with E-state index in [4.69, 9.17) is 11.6 Å². The van der Waals surface area contributed by atoms with Gasteiger partial charge in [0.1, 0.15) is 0 Å². The van der Waals surface area contributed by atoms with Crippen LogP contribution < -0.4 is 5.32 Å². The molecule has 0 spiro atoms. The molecule has 0 radical (unpaired) electrons. The van der Waals surface area contributed by atoms with Crippen LogP contribution in [0.5, 0.6) is 0 Å². The van der Waals surface area contributed by atoms with Crippen LogP contribution in [-0.2, 0) is 11.0 Å². The second kappa shape index (κ2) is 7.14. The Morgan fingerprint density at radius 3 is 2.52 bits per heavy atom. The fourth-order valence-corrected chi connectivity index (χ4v) is 2.40. The van der Waals surface area contributed by atoms with Crippen molar-refractivity contribution in [2.75, 3.05) is 5.32 Å². The van der Waals surface area contributed by atoms with Crippen molar-refractivity contribution >= 4 is 35.1 Å². The molecule has 0 unspecified atom stereocenters. The van der Waals surface area contributed by atoms with E-state index in [0.29, 0.717) is 17.4 Å². The molecule has 1 atom stereocenters. The average Bonchev–Trinajstić information content (AvgIpc) is 2.49. The molecule has 1 N–H and O–H groups in total. The van der Waals surface area contributed by atoms with Crippen molar-refractivity contribution in [1.29, 1.82) is 0 Å². The number of hydrogen-bond acceptors (Lipinski definition) is 5. The summed E-state index contributed by atoms with van der Waals surface area (Å²) in [5.41, 5.74) is -0.986. The first-order chi connectivity index (χ1) is 10.8. The van der Waals surface area contributed by atoms with Crippen molar-refractivity contribution in [2.45, 2.75) is 23.5 Å². The van der Waals surface area contributed by atoms with Gasteiger partial charge in [-0.15, -0.1) is 0 Å². The summed E-state index contributed by atoms with van der Waals surface area (Å²) in [6, 6.07) is 2.35. The standard InChI is InChI=1S/C13H10ClF3N4OS/c1-7(23-12-18-3-2-4-19-12)11(22)21-10-9(14)5-8(6-20-10)13(15,16)17/h2-7H,1H3,(H,20,21,22)/t7-/m0/s1. The lowest BCUT2D eigenvalue weighted by atomic mass is 10.2. The third kappa shape index (κ3) is 4.80. The average molecular weight is 363 g/mol. The molecule has 0 aliphatic heterocycles. The summed E-state index contributed by atoms with van der Waals surface area (Å²) in [5, 5.41) is 1.91. The highest BCUT2D eigenvalue weighted by Crippen LogP contribution is 2.32. The van der Waals surface area contributed by atoms with Gasteiger partial charge in [0.05, 0.1) is 15.8 Å². The molecule has 0 bridgehead atoms. The zero-order valence-corrected chi connectivity index (χ0v) is 13.2. The van der Waals surface area contributed by atoms with Crippen molar-refractivity contribution in [3.8, 4) is 0 Å². The maximum absolute atomic E-state index is 12.5. The normalized spacial score (nSPS) is 12.7. The topological polar surface area (TPSA) is 67.8 Å². The van der Waals surface area contributed by atoms with Gasteiger partial charge in [0.25, 0.3) is 0 Å². The van der Waals surface area contributed by atoms with Crippen LogP contribution >= 0.6 is 23.4 Å². The molecule has 2 aromatic rings. The quantitative estimate of drug-likeness (QED) is 0.664. The van der Waals surface area contributed by atoms with Crippen molar-refractivity contribution in [1.82, 2.24) is 15.0 Å². The van der Waals surface area contributed by atoms with Crippen molar-refractivity contribution in [3.63, 3.8) is 0 Å². The molecule has 1 amide bonds. The number of anilines is 1. The van der Waals surface area contributed by atoms with Gasteiger partial charge >= 0.3 is 6.18 Å². The van der Waals surface area contributed by atoms with Crippen LogP contribution in [0.1, 0.15) is 12.5 Å². The van der Waals surface area contributed by atoms with E-state index in [2.05, 4.69) is 20.3 Å². The van der Waals surface area contributed by atoms with Gasteiger partial charge in [-0.2, -0.15) is 13.2 Å². The third-order valence-corrected chi connectivity index (χ3v) is 3.88. The Balaban J connectivity index is 2.05. The van der Waals surface area contributed by atoms with E-state index in [1.807, 2.05) is 0 Å². The molecule has 0 aliphatic carbocycles. The fraction of sp³-hybridized carbons (Fsp3) is 0.231. The molecule has 0 saturated carbocycles. The van der Waals surface area contributed by atoms with E-state index in [1.54, 1.807) is 13.0 Å². The van der Waals surface area contributed by atoms with Crippen LogP contribution in [0.4, 0.5) is 19.0 Å². The number of amides is 1. The van der Waals surface area contributed by atoms with Gasteiger partial charge in [-0.1, -0.05) is 23.4 Å². The summed E-state index contributed by atoms with van der Waals surface area (Å²) in [5.74, 6) is -0.609. The summed E-state index contributed by atoms with van der Waals surface area (Å²) < 4.78 is 37.6. The Bertz CT molecular complexity index is 699. The van der Waals surface area contributed by atoms with Gasteiger partial charge in [0.2, 0.25) is 5.91 Å². The summed E-state index contributed by atoms with van der Waals surface area (Å²) >= 11 is 6.83. The Morgan fingerprint density at radius 2 is 1.96 bits per heavy atom. The molecule has 2 heterocycles. The minimum atomic E-state index is -4.55. The predicted octanol–water partition coefficient (Wildman–Crippen LogP) is 3.66. The monoisotopic (exact) mass is 362 g/mol. The van der Waals surface area contributed by atoms with E-state index in [9.17, 15) is 18.0 Å². The van der Waals surface area contributed by atoms with Crippen molar-refractivity contribution in [3.05, 3.63) is 41.3 Å². The number of nitrogens with zero attached hydrogens (tertiary/aromatic N) is 3. The van der Waals surface area contributed by atoms with Crippen LogP contribution in [-0.4, -0.2) is 26.1 Å². The zero-order valence-electron chi connectivity index (χ0n) is 11.6. The highest BCUT2D eigenvalue weighted by atomic mass is 35.5. The highest BCUT2D eigenvalue weighted by Gasteiger charge is 2.31. The number of nitrogens with one attached hydrogen (secondary N) is 1. The molecular weight excluding hydrogens is 353 g/mol. The Labute approximate surface area is 138 Å². The summed E-state index contributed by atoms with van der Waals surface area (Å²) in [4.78, 5) is 23.5. The number of pyridine rings is 1. The molecular formula is C13H10ClF3N4OS. The second-order valence-corrected chi connectivity index (χ2v) is 6.05. The molecule has 0 fully saturated rings. The van der Waals surface area contributed by atoms with Crippen LogP contribution in [0, 0.1) is 0 Å². The van der Waals surface area contributed by atoms with Gasteiger partial charge in [0, 0.05) is 18.6 Å². The Hall–Kier alpha value is -1.87. The van der Waals surface area contributed by atoms with Crippen molar-refractivity contribution < 1.29 is 18.0 Å². The van der Waals surface area contributed by atoms with Crippen molar-refractivity contribution in [2.24, 2.45) is 0 Å². The maximum atomic E-state index is 12.5. The van der Waals surface area contributed by atoms with E-state index >= 15 is 0 Å². The van der Waals surface area contributed by atoms with Gasteiger partial charge in [-0.25, -0.2) is 15.0 Å². The first-order valence-electron chi connectivity index (χ1n) is 6.24. The highest BCUT2D eigenvalue weighted by molar-refractivity contribution is 8.00. The second-order valence-electron chi connectivity index (χ2n) is 4.33. The fourth-order valence-electron chi connectivity index (χ4n) is 1.46. The summed E-state index contributed by atoms with van der Waals surface area (Å²) in [7, 11) is 0. The van der Waals surface area contributed by atoms with Gasteiger partial charge < -0.3 is 5.32 Å². The number of aromatic nitrogens is 3.